The fourth-order valence-corrected chi connectivity index (χ4v) is 2.97. The number of hydrogen-bond donors (Lipinski definition) is 2. The van der Waals surface area contributed by atoms with Gasteiger partial charge in [-0.15, -0.1) is 0 Å². The van der Waals surface area contributed by atoms with Gasteiger partial charge in [-0.1, -0.05) is 12.1 Å². The molecule has 2 atom stereocenters. The summed E-state index contributed by atoms with van der Waals surface area (Å²) in [6, 6.07) is 8.75. The van der Waals surface area contributed by atoms with Crippen molar-refractivity contribution in [2.24, 2.45) is 5.92 Å². The summed E-state index contributed by atoms with van der Waals surface area (Å²) in [5, 5.41) is 7.13. The van der Waals surface area contributed by atoms with Gasteiger partial charge in [0.1, 0.15) is 5.75 Å². The fourth-order valence-electron chi connectivity index (χ4n) is 2.97. The summed E-state index contributed by atoms with van der Waals surface area (Å²) in [7, 11) is 5.99. The fraction of sp³-hybridized carbons (Fsp3) is 0.647. The summed E-state index contributed by atoms with van der Waals surface area (Å²) in [6.45, 7) is 4.40. The van der Waals surface area contributed by atoms with Crippen LogP contribution in [0.3, 0.4) is 0 Å². The number of nitrogens with zero attached hydrogens (tertiary/aromatic N) is 1. The first kappa shape index (κ1) is 16.3. The van der Waals surface area contributed by atoms with E-state index in [1.165, 1.54) is 24.9 Å². The zero-order chi connectivity index (χ0) is 15.1. The molecule has 2 rings (SSSR count). The molecule has 1 saturated heterocycles. The van der Waals surface area contributed by atoms with Crippen molar-refractivity contribution in [1.82, 2.24) is 15.5 Å². The van der Waals surface area contributed by atoms with E-state index < -0.39 is 0 Å². The maximum Gasteiger partial charge on any atom is 0.119 e. The van der Waals surface area contributed by atoms with Crippen LogP contribution in [-0.4, -0.2) is 52.3 Å². The van der Waals surface area contributed by atoms with Gasteiger partial charge in [-0.3, -0.25) is 0 Å². The Kier molecular flexibility index (Phi) is 6.49. The Hall–Kier alpha value is -1.10. The SMILES string of the molecule is COc1cccc(C(CNCC2CCCNC2)N(C)C)c1. The molecule has 2 N–H and O–H groups in total. The van der Waals surface area contributed by atoms with Crippen LogP contribution >= 0.6 is 0 Å². The lowest BCUT2D eigenvalue weighted by Crippen LogP contribution is -2.39. The highest BCUT2D eigenvalue weighted by Crippen LogP contribution is 2.22. The molecule has 2 unspecified atom stereocenters. The minimum Gasteiger partial charge on any atom is -0.497 e. The summed E-state index contributed by atoms with van der Waals surface area (Å²) >= 11 is 0. The van der Waals surface area contributed by atoms with Crippen LogP contribution < -0.4 is 15.4 Å². The van der Waals surface area contributed by atoms with Crippen LogP contribution in [0.1, 0.15) is 24.4 Å². The number of piperidine rings is 1. The first-order chi connectivity index (χ1) is 10.2. The van der Waals surface area contributed by atoms with Crippen molar-refractivity contribution >= 4 is 0 Å². The maximum atomic E-state index is 5.34. The van der Waals surface area contributed by atoms with Crippen molar-refractivity contribution in [3.8, 4) is 5.75 Å². The zero-order valence-corrected chi connectivity index (χ0v) is 13.6. The van der Waals surface area contributed by atoms with E-state index in [-0.39, 0.29) is 0 Å². The van der Waals surface area contributed by atoms with Crippen LogP contribution in [0.15, 0.2) is 24.3 Å². The van der Waals surface area contributed by atoms with E-state index in [0.717, 1.165) is 31.3 Å². The second-order valence-electron chi connectivity index (χ2n) is 6.13. The predicted octanol–water partition coefficient (Wildman–Crippen LogP) is 1.89. The molecule has 0 amide bonds. The molecule has 0 spiro atoms. The van der Waals surface area contributed by atoms with Gasteiger partial charge < -0.3 is 20.3 Å². The van der Waals surface area contributed by atoms with E-state index in [4.69, 9.17) is 4.74 Å². The van der Waals surface area contributed by atoms with Crippen molar-refractivity contribution in [2.75, 3.05) is 47.4 Å². The third-order valence-corrected chi connectivity index (χ3v) is 4.27. The number of methoxy groups -OCH3 is 1. The van der Waals surface area contributed by atoms with E-state index in [1.807, 2.05) is 6.07 Å². The van der Waals surface area contributed by atoms with E-state index in [1.54, 1.807) is 7.11 Å². The molecule has 1 aromatic rings. The molecule has 4 heteroatoms. The molecule has 1 aliphatic heterocycles. The van der Waals surface area contributed by atoms with E-state index in [2.05, 4.69) is 47.8 Å². The predicted molar refractivity (Wildman–Crippen MR) is 87.9 cm³/mol. The molecule has 0 bridgehead atoms. The van der Waals surface area contributed by atoms with Crippen LogP contribution in [0, 0.1) is 5.92 Å². The highest BCUT2D eigenvalue weighted by molar-refractivity contribution is 5.30. The van der Waals surface area contributed by atoms with Gasteiger partial charge in [0.2, 0.25) is 0 Å². The quantitative estimate of drug-likeness (QED) is 0.804. The van der Waals surface area contributed by atoms with Crippen LogP contribution in [0.2, 0.25) is 0 Å². The molecule has 1 heterocycles. The average Bonchev–Trinajstić information content (AvgIpc) is 2.52. The first-order valence-electron chi connectivity index (χ1n) is 7.92. The molecule has 1 fully saturated rings. The van der Waals surface area contributed by atoms with Crippen molar-refractivity contribution in [3.05, 3.63) is 29.8 Å². The first-order valence-corrected chi connectivity index (χ1v) is 7.92. The molecule has 0 saturated carbocycles. The zero-order valence-electron chi connectivity index (χ0n) is 13.6. The molecule has 1 aliphatic rings. The average molecular weight is 291 g/mol. The largest absolute Gasteiger partial charge is 0.497 e. The third-order valence-electron chi connectivity index (χ3n) is 4.27. The normalized spacial score (nSPS) is 20.5. The molecular formula is C17H29N3O. The molecule has 4 nitrogen and oxygen atoms in total. The number of benzene rings is 1. The van der Waals surface area contributed by atoms with Gasteiger partial charge in [-0.2, -0.15) is 0 Å². The summed E-state index contributed by atoms with van der Waals surface area (Å²) < 4.78 is 5.34. The van der Waals surface area contributed by atoms with Crippen LogP contribution in [0.5, 0.6) is 5.75 Å². The molecule has 0 aliphatic carbocycles. The van der Waals surface area contributed by atoms with Crippen LogP contribution in [-0.2, 0) is 0 Å². The Bertz CT molecular complexity index is 416. The van der Waals surface area contributed by atoms with E-state index in [0.29, 0.717) is 6.04 Å². The minimum absolute atomic E-state index is 0.372. The van der Waals surface area contributed by atoms with E-state index >= 15 is 0 Å². The third kappa shape index (κ3) is 4.99. The summed E-state index contributed by atoms with van der Waals surface area (Å²) in [5.74, 6) is 1.70. The smallest absolute Gasteiger partial charge is 0.119 e. The van der Waals surface area contributed by atoms with Gasteiger partial charge in [0.05, 0.1) is 7.11 Å². The number of likely N-dealkylation sites (N-methyl/N-ethyl adjacent to an activating group) is 1. The Morgan fingerprint density at radius 3 is 2.95 bits per heavy atom. The lowest BCUT2D eigenvalue weighted by atomic mass is 9.99. The topological polar surface area (TPSA) is 36.5 Å². The van der Waals surface area contributed by atoms with Gasteiger partial charge in [-0.25, -0.2) is 0 Å². The standard InChI is InChI=1S/C17H29N3O/c1-20(2)17(15-7-4-8-16(10-15)21-3)13-19-12-14-6-5-9-18-11-14/h4,7-8,10,14,17-19H,5-6,9,11-13H2,1-3H3. The Balaban J connectivity index is 1.89. The van der Waals surface area contributed by atoms with Crippen molar-refractivity contribution in [1.29, 1.82) is 0 Å². The molecule has 0 radical (unpaired) electrons. The Morgan fingerprint density at radius 2 is 2.29 bits per heavy atom. The lowest BCUT2D eigenvalue weighted by molar-refractivity contribution is 0.275. The van der Waals surface area contributed by atoms with E-state index in [9.17, 15) is 0 Å². The van der Waals surface area contributed by atoms with Gasteiger partial charge in [0.15, 0.2) is 0 Å². The monoisotopic (exact) mass is 291 g/mol. The number of rotatable bonds is 7. The van der Waals surface area contributed by atoms with Crippen LogP contribution in [0.25, 0.3) is 0 Å². The summed E-state index contributed by atoms with van der Waals surface area (Å²) in [4.78, 5) is 2.26. The molecular weight excluding hydrogens is 262 g/mol. The highest BCUT2D eigenvalue weighted by atomic mass is 16.5. The summed E-state index contributed by atoms with van der Waals surface area (Å²) in [5.41, 5.74) is 1.30. The van der Waals surface area contributed by atoms with Gasteiger partial charge >= 0.3 is 0 Å². The maximum absolute atomic E-state index is 5.34. The van der Waals surface area contributed by atoms with Crippen molar-refractivity contribution in [2.45, 2.75) is 18.9 Å². The Labute approximate surface area is 128 Å². The molecule has 0 aromatic heterocycles. The molecule has 1 aromatic carbocycles. The molecule has 118 valence electrons. The minimum atomic E-state index is 0.372. The highest BCUT2D eigenvalue weighted by Gasteiger charge is 2.16. The van der Waals surface area contributed by atoms with Gasteiger partial charge in [0, 0.05) is 12.6 Å². The second kappa shape index (κ2) is 8.37. The number of ether oxygens (including phenoxy) is 1. The van der Waals surface area contributed by atoms with Gasteiger partial charge in [-0.05, 0) is 70.2 Å². The Morgan fingerprint density at radius 1 is 1.43 bits per heavy atom. The summed E-state index contributed by atoms with van der Waals surface area (Å²) in [6.07, 6.45) is 2.64. The molecule has 21 heavy (non-hydrogen) atoms. The second-order valence-corrected chi connectivity index (χ2v) is 6.13. The van der Waals surface area contributed by atoms with Gasteiger partial charge in [0.25, 0.3) is 0 Å². The lowest BCUT2D eigenvalue weighted by Gasteiger charge is -2.28. The number of hydrogen-bond acceptors (Lipinski definition) is 4. The van der Waals surface area contributed by atoms with Crippen LogP contribution in [0.4, 0.5) is 0 Å². The number of nitrogens with one attached hydrogen (secondary N) is 2. The van der Waals surface area contributed by atoms with Crippen molar-refractivity contribution < 1.29 is 4.74 Å². The van der Waals surface area contributed by atoms with Crippen molar-refractivity contribution in [3.63, 3.8) is 0 Å².